The van der Waals surface area contributed by atoms with Gasteiger partial charge in [0.25, 0.3) is 0 Å². The lowest BCUT2D eigenvalue weighted by molar-refractivity contribution is 0.467. The minimum Gasteiger partial charge on any atom is -0.389 e. The summed E-state index contributed by atoms with van der Waals surface area (Å²) in [6.07, 6.45) is 9.15. The SMILES string of the molecule is C=CCCC(=C)NCCCCC(N)C(=C)NC(CC)CCNCCS. The molecular weight excluding hydrogens is 328 g/mol. The van der Waals surface area contributed by atoms with E-state index in [1.54, 1.807) is 0 Å². The molecular formula is C20H40N4S. The van der Waals surface area contributed by atoms with Crippen molar-refractivity contribution in [2.75, 3.05) is 25.4 Å². The van der Waals surface area contributed by atoms with Gasteiger partial charge in [-0.1, -0.05) is 26.2 Å². The van der Waals surface area contributed by atoms with Crippen LogP contribution in [0.4, 0.5) is 0 Å². The van der Waals surface area contributed by atoms with E-state index in [0.29, 0.717) is 6.04 Å². The molecule has 0 radical (unpaired) electrons. The molecule has 0 aliphatic carbocycles. The molecule has 2 atom stereocenters. The summed E-state index contributed by atoms with van der Waals surface area (Å²) in [7, 11) is 0. The van der Waals surface area contributed by atoms with Crippen LogP contribution in [0.2, 0.25) is 0 Å². The molecule has 0 fully saturated rings. The summed E-state index contributed by atoms with van der Waals surface area (Å²) in [5.41, 5.74) is 8.32. The second-order valence-corrected chi connectivity index (χ2v) is 6.94. The highest BCUT2D eigenvalue weighted by atomic mass is 32.1. The van der Waals surface area contributed by atoms with Crippen molar-refractivity contribution in [2.24, 2.45) is 5.73 Å². The van der Waals surface area contributed by atoms with Crippen molar-refractivity contribution in [1.82, 2.24) is 16.0 Å². The van der Waals surface area contributed by atoms with Crippen LogP contribution >= 0.6 is 12.6 Å². The molecule has 25 heavy (non-hydrogen) atoms. The number of allylic oxidation sites excluding steroid dienone is 2. The third kappa shape index (κ3) is 14.0. The van der Waals surface area contributed by atoms with Gasteiger partial charge in [-0.3, -0.25) is 0 Å². The highest BCUT2D eigenvalue weighted by Gasteiger charge is 2.11. The average Bonchev–Trinajstić information content (AvgIpc) is 2.61. The Kier molecular flexibility index (Phi) is 16.0. The molecule has 0 aromatic heterocycles. The van der Waals surface area contributed by atoms with Crippen molar-refractivity contribution >= 4 is 12.6 Å². The number of rotatable bonds is 18. The molecule has 5 heteroatoms. The maximum absolute atomic E-state index is 6.27. The maximum atomic E-state index is 6.27. The molecule has 0 aromatic carbocycles. The monoisotopic (exact) mass is 368 g/mol. The third-order valence-corrected chi connectivity index (χ3v) is 4.48. The van der Waals surface area contributed by atoms with E-state index < -0.39 is 0 Å². The summed E-state index contributed by atoms with van der Waals surface area (Å²) in [4.78, 5) is 0. The molecule has 0 aliphatic rings. The van der Waals surface area contributed by atoms with Gasteiger partial charge in [-0.05, 0) is 51.5 Å². The Balaban J connectivity index is 3.82. The second kappa shape index (κ2) is 16.6. The summed E-state index contributed by atoms with van der Waals surface area (Å²) in [5.74, 6) is 0.873. The first kappa shape index (κ1) is 24.1. The van der Waals surface area contributed by atoms with Crippen LogP contribution in [0.15, 0.2) is 37.2 Å². The Morgan fingerprint density at radius 3 is 2.56 bits per heavy atom. The highest BCUT2D eigenvalue weighted by molar-refractivity contribution is 7.80. The van der Waals surface area contributed by atoms with Crippen LogP contribution < -0.4 is 21.7 Å². The molecule has 0 aromatic rings. The predicted octanol–water partition coefficient (Wildman–Crippen LogP) is 3.34. The van der Waals surface area contributed by atoms with Gasteiger partial charge in [0.2, 0.25) is 0 Å². The number of hydrogen-bond acceptors (Lipinski definition) is 5. The highest BCUT2D eigenvalue weighted by Crippen LogP contribution is 2.08. The Bertz CT molecular complexity index is 371. The maximum Gasteiger partial charge on any atom is 0.0438 e. The van der Waals surface area contributed by atoms with Crippen LogP contribution in [0.3, 0.4) is 0 Å². The van der Waals surface area contributed by atoms with Crippen LogP contribution in [0.25, 0.3) is 0 Å². The van der Waals surface area contributed by atoms with Crippen molar-refractivity contribution < 1.29 is 0 Å². The lowest BCUT2D eigenvalue weighted by Crippen LogP contribution is -2.38. The minimum absolute atomic E-state index is 0.0171. The third-order valence-electron chi connectivity index (χ3n) is 4.26. The fourth-order valence-corrected chi connectivity index (χ4v) is 2.68. The number of thiol groups is 1. The zero-order valence-electron chi connectivity index (χ0n) is 16.2. The van der Waals surface area contributed by atoms with Crippen molar-refractivity contribution in [3.05, 3.63) is 37.2 Å². The van der Waals surface area contributed by atoms with E-state index in [0.717, 1.165) is 81.7 Å². The standard InChI is InChI=1S/C20H40N4S/c1-5-7-10-17(3)23-13-9-8-11-20(21)18(4)24-19(6-2)12-14-22-15-16-25/h5,19-20,22-25H,1,3-4,6-16,21H2,2H3. The molecule has 0 bridgehead atoms. The molecule has 4 nitrogen and oxygen atoms in total. The summed E-state index contributed by atoms with van der Waals surface area (Å²) in [5, 5.41) is 10.2. The van der Waals surface area contributed by atoms with Crippen LogP contribution in [-0.4, -0.2) is 37.5 Å². The van der Waals surface area contributed by atoms with E-state index in [1.807, 2.05) is 6.08 Å². The smallest absolute Gasteiger partial charge is 0.0438 e. The van der Waals surface area contributed by atoms with Crippen molar-refractivity contribution in [2.45, 2.75) is 64.0 Å². The van der Waals surface area contributed by atoms with Gasteiger partial charge in [-0.25, -0.2) is 0 Å². The first-order chi connectivity index (χ1) is 12.0. The summed E-state index contributed by atoms with van der Waals surface area (Å²) in [6, 6.07) is 0.448. The molecule has 0 saturated carbocycles. The first-order valence-corrected chi connectivity index (χ1v) is 10.2. The van der Waals surface area contributed by atoms with E-state index in [4.69, 9.17) is 5.73 Å². The van der Waals surface area contributed by atoms with E-state index >= 15 is 0 Å². The molecule has 0 saturated heterocycles. The normalized spacial score (nSPS) is 13.1. The predicted molar refractivity (Wildman–Crippen MR) is 116 cm³/mol. The van der Waals surface area contributed by atoms with Gasteiger partial charge < -0.3 is 21.7 Å². The van der Waals surface area contributed by atoms with Gasteiger partial charge in [0.05, 0.1) is 0 Å². The summed E-state index contributed by atoms with van der Waals surface area (Å²) >= 11 is 4.20. The van der Waals surface area contributed by atoms with E-state index in [-0.39, 0.29) is 6.04 Å². The molecule has 2 unspecified atom stereocenters. The van der Waals surface area contributed by atoms with E-state index in [9.17, 15) is 0 Å². The van der Waals surface area contributed by atoms with E-state index in [2.05, 4.69) is 55.2 Å². The van der Waals surface area contributed by atoms with Crippen LogP contribution in [0.5, 0.6) is 0 Å². The fraction of sp³-hybridized carbons (Fsp3) is 0.700. The first-order valence-electron chi connectivity index (χ1n) is 9.60. The summed E-state index contributed by atoms with van der Waals surface area (Å²) in [6.45, 7) is 17.0. The molecule has 0 aliphatic heterocycles. The molecule has 146 valence electrons. The lowest BCUT2D eigenvalue weighted by atomic mass is 10.1. The summed E-state index contributed by atoms with van der Waals surface area (Å²) < 4.78 is 0. The van der Waals surface area contributed by atoms with Crippen molar-refractivity contribution in [3.63, 3.8) is 0 Å². The average molecular weight is 369 g/mol. The number of nitrogens with two attached hydrogens (primary N) is 1. The van der Waals surface area contributed by atoms with Crippen molar-refractivity contribution in [1.29, 1.82) is 0 Å². The van der Waals surface area contributed by atoms with Gasteiger partial charge >= 0.3 is 0 Å². The number of unbranched alkanes of at least 4 members (excludes halogenated alkanes) is 1. The topological polar surface area (TPSA) is 62.1 Å². The molecule has 0 rings (SSSR count). The lowest BCUT2D eigenvalue weighted by Gasteiger charge is -2.24. The van der Waals surface area contributed by atoms with Gasteiger partial charge in [0, 0.05) is 42.3 Å². The van der Waals surface area contributed by atoms with Gasteiger partial charge in [-0.2, -0.15) is 12.6 Å². The van der Waals surface area contributed by atoms with E-state index in [1.165, 1.54) is 0 Å². The Morgan fingerprint density at radius 1 is 1.16 bits per heavy atom. The van der Waals surface area contributed by atoms with Gasteiger partial charge in [0.15, 0.2) is 0 Å². The minimum atomic E-state index is 0.0171. The molecule has 0 amide bonds. The quantitative estimate of drug-likeness (QED) is 0.146. The van der Waals surface area contributed by atoms with Crippen molar-refractivity contribution in [3.8, 4) is 0 Å². The van der Waals surface area contributed by atoms with Gasteiger partial charge in [-0.15, -0.1) is 6.58 Å². The van der Waals surface area contributed by atoms with Crippen LogP contribution in [0, 0.1) is 0 Å². The van der Waals surface area contributed by atoms with Crippen LogP contribution in [0.1, 0.15) is 51.9 Å². The fourth-order valence-electron chi connectivity index (χ4n) is 2.52. The Labute approximate surface area is 161 Å². The molecule has 5 N–H and O–H groups in total. The number of hydrogen-bond donors (Lipinski definition) is 5. The zero-order valence-corrected chi connectivity index (χ0v) is 17.1. The zero-order chi connectivity index (χ0) is 18.9. The molecule has 0 spiro atoms. The second-order valence-electron chi connectivity index (χ2n) is 6.50. The van der Waals surface area contributed by atoms with Gasteiger partial charge in [0.1, 0.15) is 0 Å². The van der Waals surface area contributed by atoms with Crippen LogP contribution in [-0.2, 0) is 0 Å². The number of nitrogens with one attached hydrogen (secondary N) is 3. The Morgan fingerprint density at radius 2 is 1.92 bits per heavy atom. The molecule has 0 heterocycles. The Hall–Kier alpha value is -0.910. The largest absolute Gasteiger partial charge is 0.389 e.